The van der Waals surface area contributed by atoms with E-state index in [9.17, 15) is 9.59 Å². The minimum Gasteiger partial charge on any atom is -0.326 e. The van der Waals surface area contributed by atoms with Crippen molar-refractivity contribution >= 4 is 39.1 Å². The minimum absolute atomic E-state index is 0.0362. The molecular weight excluding hydrogens is 286 g/mol. The number of carbonyl (C=O) groups is 2. The molecule has 1 fully saturated rings. The largest absolute Gasteiger partial charge is 0.326 e. The lowest BCUT2D eigenvalue weighted by atomic mass is 10.1. The monoisotopic (exact) mass is 301 g/mol. The Labute approximate surface area is 126 Å². The van der Waals surface area contributed by atoms with Crippen LogP contribution in [0.2, 0.25) is 0 Å². The molecule has 0 unspecified atom stereocenters. The Bertz CT molecular complexity index is 796. The smallest absolute Gasteiger partial charge is 0.266 e. The highest BCUT2D eigenvalue weighted by Gasteiger charge is 2.40. The van der Waals surface area contributed by atoms with Crippen molar-refractivity contribution in [2.24, 2.45) is 0 Å². The van der Waals surface area contributed by atoms with Gasteiger partial charge in [0.25, 0.3) is 5.91 Å². The van der Waals surface area contributed by atoms with E-state index in [1.807, 2.05) is 19.9 Å². The second-order valence-corrected chi connectivity index (χ2v) is 6.71. The van der Waals surface area contributed by atoms with Gasteiger partial charge in [0.15, 0.2) is 0 Å². The van der Waals surface area contributed by atoms with E-state index in [1.54, 1.807) is 4.90 Å². The maximum absolute atomic E-state index is 12.7. The topological polar surface area (TPSA) is 62.3 Å². The number of hydrogen-bond donors (Lipinski definition) is 1. The van der Waals surface area contributed by atoms with Gasteiger partial charge in [-0.1, -0.05) is 0 Å². The summed E-state index contributed by atoms with van der Waals surface area (Å²) in [5, 5.41) is 3.88. The molecule has 0 radical (unpaired) electrons. The zero-order chi connectivity index (χ0) is 14.7. The molecule has 4 heterocycles. The molecule has 2 amide bonds. The van der Waals surface area contributed by atoms with Gasteiger partial charge in [0, 0.05) is 17.6 Å². The van der Waals surface area contributed by atoms with Crippen molar-refractivity contribution in [3.8, 4) is 0 Å². The number of carbonyl (C=O) groups excluding carboxylic acids is 2. The van der Waals surface area contributed by atoms with Crippen molar-refractivity contribution in [3.05, 3.63) is 22.2 Å². The zero-order valence-corrected chi connectivity index (χ0v) is 12.7. The summed E-state index contributed by atoms with van der Waals surface area (Å²) < 4.78 is 0. The normalized spacial score (nSPS) is 21.2. The van der Waals surface area contributed by atoms with Crippen LogP contribution in [0.5, 0.6) is 0 Å². The van der Waals surface area contributed by atoms with Crippen molar-refractivity contribution in [1.82, 2.24) is 9.88 Å². The lowest BCUT2D eigenvalue weighted by Gasteiger charge is -2.19. The number of amides is 2. The summed E-state index contributed by atoms with van der Waals surface area (Å²) in [5.74, 6) is -0.106. The Morgan fingerprint density at radius 3 is 3.00 bits per heavy atom. The van der Waals surface area contributed by atoms with Crippen molar-refractivity contribution in [3.63, 3.8) is 0 Å². The minimum atomic E-state index is -0.314. The maximum Gasteiger partial charge on any atom is 0.266 e. The summed E-state index contributed by atoms with van der Waals surface area (Å²) in [4.78, 5) is 32.8. The second kappa shape index (κ2) is 4.27. The van der Waals surface area contributed by atoms with Crippen LogP contribution in [0.3, 0.4) is 0 Å². The molecule has 1 atom stereocenters. The molecular formula is C15H15N3O2S. The number of rotatable bonds is 0. The van der Waals surface area contributed by atoms with Gasteiger partial charge in [0.2, 0.25) is 5.91 Å². The van der Waals surface area contributed by atoms with Gasteiger partial charge in [-0.15, -0.1) is 11.3 Å². The maximum atomic E-state index is 12.7. The first-order valence-corrected chi connectivity index (χ1v) is 7.90. The van der Waals surface area contributed by atoms with Crippen LogP contribution in [0.4, 0.5) is 5.69 Å². The van der Waals surface area contributed by atoms with Crippen LogP contribution in [-0.2, 0) is 4.79 Å². The molecule has 2 aromatic rings. The Balaban J connectivity index is 1.99. The SMILES string of the molecule is Cc1cc(C)c2c3c(sc2n1)C(=O)N1CCC[C@H]1C(=O)N3. The lowest BCUT2D eigenvalue weighted by Crippen LogP contribution is -2.40. The van der Waals surface area contributed by atoms with Gasteiger partial charge in [0.1, 0.15) is 15.7 Å². The van der Waals surface area contributed by atoms with Crippen LogP contribution >= 0.6 is 11.3 Å². The van der Waals surface area contributed by atoms with E-state index in [0.717, 1.165) is 34.3 Å². The summed E-state index contributed by atoms with van der Waals surface area (Å²) in [7, 11) is 0. The number of thiophene rings is 1. The summed E-state index contributed by atoms with van der Waals surface area (Å²) in [6.07, 6.45) is 1.64. The number of aryl methyl sites for hydroxylation is 2. The molecule has 108 valence electrons. The van der Waals surface area contributed by atoms with Crippen LogP contribution in [0.25, 0.3) is 10.2 Å². The highest BCUT2D eigenvalue weighted by molar-refractivity contribution is 7.21. The molecule has 4 rings (SSSR count). The number of fused-ring (bicyclic) bond motifs is 4. The standard InChI is InChI=1S/C15H15N3O2S/c1-7-6-8(2)16-14-10(7)11-12(21-14)15(20)18-5-3-4-9(18)13(19)17-11/h6,9H,3-5H2,1-2H3,(H,17,19)/t9-/m0/s1. The fourth-order valence-electron chi connectivity index (χ4n) is 3.33. The van der Waals surface area contributed by atoms with Crippen LogP contribution in [-0.4, -0.2) is 34.3 Å². The Hall–Kier alpha value is -1.95. The van der Waals surface area contributed by atoms with Crippen LogP contribution in [0.1, 0.15) is 33.8 Å². The van der Waals surface area contributed by atoms with E-state index in [-0.39, 0.29) is 17.9 Å². The van der Waals surface area contributed by atoms with Crippen LogP contribution < -0.4 is 5.32 Å². The van der Waals surface area contributed by atoms with Gasteiger partial charge in [-0.25, -0.2) is 4.98 Å². The zero-order valence-electron chi connectivity index (χ0n) is 11.9. The van der Waals surface area contributed by atoms with Crippen molar-refractivity contribution in [1.29, 1.82) is 0 Å². The van der Waals surface area contributed by atoms with E-state index in [1.165, 1.54) is 11.3 Å². The van der Waals surface area contributed by atoms with Gasteiger partial charge in [-0.05, 0) is 38.3 Å². The summed E-state index contributed by atoms with van der Waals surface area (Å²) >= 11 is 1.38. The van der Waals surface area contributed by atoms with Gasteiger partial charge in [-0.2, -0.15) is 0 Å². The molecule has 0 spiro atoms. The Morgan fingerprint density at radius 1 is 1.38 bits per heavy atom. The third-order valence-corrected chi connectivity index (χ3v) is 5.32. The summed E-state index contributed by atoms with van der Waals surface area (Å²) in [6, 6.07) is 1.67. The molecule has 0 bridgehead atoms. The lowest BCUT2D eigenvalue weighted by molar-refractivity contribution is -0.119. The molecule has 0 saturated carbocycles. The Kier molecular flexibility index (Phi) is 2.60. The number of nitrogens with zero attached hydrogens (tertiary/aromatic N) is 2. The molecule has 0 aromatic carbocycles. The molecule has 1 N–H and O–H groups in total. The van der Waals surface area contributed by atoms with E-state index >= 15 is 0 Å². The highest BCUT2D eigenvalue weighted by Crippen LogP contribution is 2.40. The first-order valence-electron chi connectivity index (χ1n) is 7.09. The van der Waals surface area contributed by atoms with E-state index in [4.69, 9.17) is 0 Å². The average molecular weight is 301 g/mol. The predicted molar refractivity (Wildman–Crippen MR) is 81.8 cm³/mol. The number of anilines is 1. The molecule has 5 nitrogen and oxygen atoms in total. The number of pyridine rings is 1. The molecule has 6 heteroatoms. The molecule has 2 aliphatic rings. The number of aromatic nitrogens is 1. The summed E-state index contributed by atoms with van der Waals surface area (Å²) in [5.41, 5.74) is 2.63. The highest BCUT2D eigenvalue weighted by atomic mass is 32.1. The van der Waals surface area contributed by atoms with Gasteiger partial charge >= 0.3 is 0 Å². The number of hydrogen-bond acceptors (Lipinski definition) is 4. The van der Waals surface area contributed by atoms with Crippen molar-refractivity contribution in [2.45, 2.75) is 32.7 Å². The number of nitrogens with one attached hydrogen (secondary N) is 1. The van der Waals surface area contributed by atoms with Gasteiger partial charge in [0.05, 0.1) is 5.69 Å². The quantitative estimate of drug-likeness (QED) is 0.813. The van der Waals surface area contributed by atoms with Crippen molar-refractivity contribution in [2.75, 3.05) is 11.9 Å². The van der Waals surface area contributed by atoms with Crippen LogP contribution in [0, 0.1) is 13.8 Å². The average Bonchev–Trinajstić information content (AvgIpc) is 3.00. The first kappa shape index (κ1) is 12.8. The van der Waals surface area contributed by atoms with Crippen LogP contribution in [0.15, 0.2) is 6.07 Å². The third kappa shape index (κ3) is 1.72. The van der Waals surface area contributed by atoms with E-state index < -0.39 is 0 Å². The molecule has 0 aliphatic carbocycles. The van der Waals surface area contributed by atoms with Crippen molar-refractivity contribution < 1.29 is 9.59 Å². The molecule has 2 aliphatic heterocycles. The molecule has 2 aromatic heterocycles. The van der Waals surface area contributed by atoms with E-state index in [2.05, 4.69) is 10.3 Å². The fraction of sp³-hybridized carbons (Fsp3) is 0.400. The predicted octanol–water partition coefficient (Wildman–Crippen LogP) is 2.47. The first-order chi connectivity index (χ1) is 10.1. The third-order valence-electron chi connectivity index (χ3n) is 4.25. The Morgan fingerprint density at radius 2 is 2.19 bits per heavy atom. The van der Waals surface area contributed by atoms with Gasteiger partial charge < -0.3 is 10.2 Å². The molecule has 1 saturated heterocycles. The molecule has 21 heavy (non-hydrogen) atoms. The summed E-state index contributed by atoms with van der Waals surface area (Å²) in [6.45, 7) is 4.59. The van der Waals surface area contributed by atoms with E-state index in [0.29, 0.717) is 17.1 Å². The van der Waals surface area contributed by atoms with Gasteiger partial charge in [-0.3, -0.25) is 9.59 Å². The fourth-order valence-corrected chi connectivity index (χ4v) is 4.54. The second-order valence-electron chi connectivity index (χ2n) is 5.71.